The third-order valence-electron chi connectivity index (χ3n) is 6.22. The minimum absolute atomic E-state index is 0.0831. The van der Waals surface area contributed by atoms with Gasteiger partial charge in [0.15, 0.2) is 0 Å². The minimum Gasteiger partial charge on any atom is -0.494 e. The van der Waals surface area contributed by atoms with E-state index in [0.29, 0.717) is 12.2 Å². The number of rotatable bonds is 9. The van der Waals surface area contributed by atoms with Crippen LogP contribution < -0.4 is 10.1 Å². The van der Waals surface area contributed by atoms with Crippen LogP contribution >= 0.6 is 11.6 Å². The molecule has 1 atom stereocenters. The van der Waals surface area contributed by atoms with Gasteiger partial charge in [0.1, 0.15) is 11.6 Å². The first-order valence-electron chi connectivity index (χ1n) is 12.1. The standard InChI is InChI=1S/C29H32ClN3O2/c1-19-11-13-24(20(2)17-19)29(34)31-22(4)28-32-26-9-5-6-10-27(26)33(28)15-7-8-16-35-23-12-14-25(30)21(3)18-23/h5-6,9-14,17-18,22H,7-8,15-16H2,1-4H3,(H,31,34). The van der Waals surface area contributed by atoms with Crippen LogP contribution in [0.5, 0.6) is 5.75 Å². The van der Waals surface area contributed by atoms with Crippen LogP contribution in [0.3, 0.4) is 0 Å². The van der Waals surface area contributed by atoms with Gasteiger partial charge in [0.05, 0.1) is 23.7 Å². The molecule has 6 heteroatoms. The van der Waals surface area contributed by atoms with E-state index in [0.717, 1.165) is 63.7 Å². The molecule has 182 valence electrons. The van der Waals surface area contributed by atoms with E-state index in [1.807, 2.05) is 82.3 Å². The number of halogens is 1. The van der Waals surface area contributed by atoms with E-state index >= 15 is 0 Å². The second-order valence-electron chi connectivity index (χ2n) is 9.09. The van der Waals surface area contributed by atoms with Crippen molar-refractivity contribution >= 4 is 28.5 Å². The first-order chi connectivity index (χ1) is 16.8. The third kappa shape index (κ3) is 5.85. The summed E-state index contributed by atoms with van der Waals surface area (Å²) in [5.74, 6) is 1.61. The van der Waals surface area contributed by atoms with Gasteiger partial charge in [0, 0.05) is 17.1 Å². The van der Waals surface area contributed by atoms with Crippen LogP contribution in [0, 0.1) is 20.8 Å². The van der Waals surface area contributed by atoms with Crippen molar-refractivity contribution in [1.29, 1.82) is 0 Å². The number of nitrogens with one attached hydrogen (secondary N) is 1. The fraction of sp³-hybridized carbons (Fsp3) is 0.310. The molecule has 0 radical (unpaired) electrons. The van der Waals surface area contributed by atoms with E-state index in [2.05, 4.69) is 16.0 Å². The van der Waals surface area contributed by atoms with Gasteiger partial charge in [-0.1, -0.05) is 41.4 Å². The van der Waals surface area contributed by atoms with Gasteiger partial charge in [-0.2, -0.15) is 0 Å². The Labute approximate surface area is 212 Å². The number of aromatic nitrogens is 2. The molecule has 0 fully saturated rings. The zero-order valence-electron chi connectivity index (χ0n) is 20.8. The van der Waals surface area contributed by atoms with Gasteiger partial charge in [0.25, 0.3) is 5.91 Å². The van der Waals surface area contributed by atoms with Crippen LogP contribution in [-0.4, -0.2) is 22.1 Å². The molecule has 1 aromatic heterocycles. The van der Waals surface area contributed by atoms with E-state index in [1.54, 1.807) is 0 Å². The molecular formula is C29H32ClN3O2. The molecule has 0 aliphatic heterocycles. The highest BCUT2D eigenvalue weighted by molar-refractivity contribution is 6.31. The summed E-state index contributed by atoms with van der Waals surface area (Å²) >= 11 is 6.10. The molecular weight excluding hydrogens is 458 g/mol. The van der Waals surface area contributed by atoms with Crippen molar-refractivity contribution in [2.75, 3.05) is 6.61 Å². The van der Waals surface area contributed by atoms with E-state index < -0.39 is 0 Å². The zero-order valence-corrected chi connectivity index (χ0v) is 21.5. The molecule has 5 nitrogen and oxygen atoms in total. The first kappa shape index (κ1) is 24.8. The van der Waals surface area contributed by atoms with Gasteiger partial charge in [-0.3, -0.25) is 4.79 Å². The van der Waals surface area contributed by atoms with Crippen molar-refractivity contribution in [2.45, 2.75) is 53.1 Å². The number of unbranched alkanes of at least 4 members (excludes halogenated alkanes) is 1. The molecule has 4 rings (SSSR count). The fourth-order valence-corrected chi connectivity index (χ4v) is 4.45. The molecule has 0 saturated carbocycles. The van der Waals surface area contributed by atoms with Crippen LogP contribution in [0.2, 0.25) is 5.02 Å². The molecule has 4 aromatic rings. The summed E-state index contributed by atoms with van der Waals surface area (Å²) in [6.07, 6.45) is 1.83. The molecule has 1 amide bonds. The van der Waals surface area contributed by atoms with Gasteiger partial charge in [-0.25, -0.2) is 4.98 Å². The molecule has 0 bridgehead atoms. The van der Waals surface area contributed by atoms with E-state index in [-0.39, 0.29) is 11.9 Å². The summed E-state index contributed by atoms with van der Waals surface area (Å²) in [6, 6.07) is 19.5. The van der Waals surface area contributed by atoms with Crippen molar-refractivity contribution in [3.05, 3.63) is 93.8 Å². The molecule has 0 saturated heterocycles. The van der Waals surface area contributed by atoms with Crippen LogP contribution in [0.4, 0.5) is 0 Å². The van der Waals surface area contributed by atoms with Crippen LogP contribution in [0.1, 0.15) is 58.7 Å². The smallest absolute Gasteiger partial charge is 0.252 e. The second-order valence-corrected chi connectivity index (χ2v) is 9.50. The highest BCUT2D eigenvalue weighted by Crippen LogP contribution is 2.23. The summed E-state index contributed by atoms with van der Waals surface area (Å²) < 4.78 is 8.12. The lowest BCUT2D eigenvalue weighted by atomic mass is 10.0. The molecule has 0 spiro atoms. The number of fused-ring (bicyclic) bond motifs is 1. The number of benzene rings is 3. The Hall–Kier alpha value is -3.31. The predicted octanol–water partition coefficient (Wildman–Crippen LogP) is 6.97. The number of imidazole rings is 1. The van der Waals surface area contributed by atoms with Crippen molar-refractivity contribution < 1.29 is 9.53 Å². The SMILES string of the molecule is Cc1ccc(C(=O)NC(C)c2nc3ccccc3n2CCCCOc2ccc(Cl)c(C)c2)c(C)c1. The van der Waals surface area contributed by atoms with Crippen molar-refractivity contribution in [3.8, 4) is 5.75 Å². The molecule has 35 heavy (non-hydrogen) atoms. The summed E-state index contributed by atoms with van der Waals surface area (Å²) in [5, 5.41) is 3.90. The average Bonchev–Trinajstić information content (AvgIpc) is 3.20. The number of amides is 1. The van der Waals surface area contributed by atoms with Crippen molar-refractivity contribution in [3.63, 3.8) is 0 Å². The zero-order chi connectivity index (χ0) is 24.9. The largest absolute Gasteiger partial charge is 0.494 e. The highest BCUT2D eigenvalue weighted by atomic mass is 35.5. The Bertz CT molecular complexity index is 1350. The number of hydrogen-bond donors (Lipinski definition) is 1. The lowest BCUT2D eigenvalue weighted by molar-refractivity contribution is 0.0937. The van der Waals surface area contributed by atoms with Gasteiger partial charge in [-0.15, -0.1) is 0 Å². The molecule has 1 heterocycles. The maximum Gasteiger partial charge on any atom is 0.252 e. The van der Waals surface area contributed by atoms with Crippen LogP contribution in [0.25, 0.3) is 11.0 Å². The maximum absolute atomic E-state index is 13.0. The number of carbonyl (C=O) groups excluding carboxylic acids is 1. The van der Waals surface area contributed by atoms with Crippen LogP contribution in [-0.2, 0) is 6.54 Å². The molecule has 1 N–H and O–H groups in total. The van der Waals surface area contributed by atoms with Crippen LogP contribution in [0.15, 0.2) is 60.7 Å². The monoisotopic (exact) mass is 489 g/mol. The van der Waals surface area contributed by atoms with Gasteiger partial charge in [0.2, 0.25) is 0 Å². The Morgan fingerprint density at radius 2 is 1.83 bits per heavy atom. The number of carbonyl (C=O) groups is 1. The Kier molecular flexibility index (Phi) is 7.76. The predicted molar refractivity (Wildman–Crippen MR) is 142 cm³/mol. The third-order valence-corrected chi connectivity index (χ3v) is 6.64. The Morgan fingerprint density at radius 3 is 2.60 bits per heavy atom. The number of aryl methyl sites for hydroxylation is 4. The number of ether oxygens (including phenoxy) is 1. The topological polar surface area (TPSA) is 56.2 Å². The van der Waals surface area contributed by atoms with E-state index in [9.17, 15) is 4.79 Å². The first-order valence-corrected chi connectivity index (χ1v) is 12.4. The summed E-state index contributed by atoms with van der Waals surface area (Å²) in [4.78, 5) is 17.9. The van der Waals surface area contributed by atoms with Gasteiger partial charge < -0.3 is 14.6 Å². The number of para-hydroxylation sites is 2. The lowest BCUT2D eigenvalue weighted by Crippen LogP contribution is -2.29. The molecule has 0 aliphatic carbocycles. The molecule has 1 unspecified atom stereocenters. The lowest BCUT2D eigenvalue weighted by Gasteiger charge is -2.17. The Morgan fingerprint density at radius 1 is 1.03 bits per heavy atom. The average molecular weight is 490 g/mol. The molecule has 3 aromatic carbocycles. The summed E-state index contributed by atoms with van der Waals surface area (Å²) in [7, 11) is 0. The molecule has 0 aliphatic rings. The maximum atomic E-state index is 13.0. The second kappa shape index (κ2) is 11.0. The summed E-state index contributed by atoms with van der Waals surface area (Å²) in [5.41, 5.74) is 5.82. The summed E-state index contributed by atoms with van der Waals surface area (Å²) in [6.45, 7) is 9.38. The fourth-order valence-electron chi connectivity index (χ4n) is 4.34. The van der Waals surface area contributed by atoms with E-state index in [4.69, 9.17) is 21.3 Å². The number of hydrogen-bond acceptors (Lipinski definition) is 3. The van der Waals surface area contributed by atoms with Gasteiger partial charge >= 0.3 is 0 Å². The number of nitrogens with zero attached hydrogens (tertiary/aromatic N) is 2. The quantitative estimate of drug-likeness (QED) is 0.258. The van der Waals surface area contributed by atoms with Crippen molar-refractivity contribution in [2.24, 2.45) is 0 Å². The normalized spacial score (nSPS) is 12.0. The Balaban J connectivity index is 1.43. The highest BCUT2D eigenvalue weighted by Gasteiger charge is 2.19. The van der Waals surface area contributed by atoms with Gasteiger partial charge in [-0.05, 0) is 88.1 Å². The van der Waals surface area contributed by atoms with E-state index in [1.165, 1.54) is 0 Å². The van der Waals surface area contributed by atoms with Crippen molar-refractivity contribution in [1.82, 2.24) is 14.9 Å². The minimum atomic E-state index is -0.233.